The zero-order valence-corrected chi connectivity index (χ0v) is 11.8. The highest BCUT2D eigenvalue weighted by Crippen LogP contribution is 2.32. The fourth-order valence-corrected chi connectivity index (χ4v) is 1.99. The zero-order chi connectivity index (χ0) is 14.5. The van der Waals surface area contributed by atoms with E-state index in [0.717, 1.165) is 5.56 Å². The van der Waals surface area contributed by atoms with Gasteiger partial charge >= 0.3 is 0 Å². The Morgan fingerprint density at radius 2 is 1.95 bits per heavy atom. The lowest BCUT2D eigenvalue weighted by molar-refractivity contribution is 0.354. The number of nitriles is 1. The third kappa shape index (κ3) is 2.81. The maximum Gasteiger partial charge on any atom is 0.161 e. The molecule has 5 nitrogen and oxygen atoms in total. The van der Waals surface area contributed by atoms with E-state index in [1.165, 1.54) is 12.4 Å². The first-order valence-electron chi connectivity index (χ1n) is 5.78. The Bertz CT molecular complexity index is 655. The van der Waals surface area contributed by atoms with Gasteiger partial charge in [-0.2, -0.15) is 5.26 Å². The van der Waals surface area contributed by atoms with Gasteiger partial charge in [-0.25, -0.2) is 4.98 Å². The first kappa shape index (κ1) is 14.1. The molecule has 0 N–H and O–H groups in total. The Labute approximate surface area is 121 Å². The number of ether oxygens (including phenoxy) is 2. The molecule has 0 aliphatic carbocycles. The molecule has 6 heteroatoms. The maximum absolute atomic E-state index is 9.38. The van der Waals surface area contributed by atoms with Crippen molar-refractivity contribution in [3.8, 4) is 17.6 Å². The molecule has 1 aromatic carbocycles. The van der Waals surface area contributed by atoms with Crippen molar-refractivity contribution >= 4 is 11.6 Å². The number of hydrogen-bond donors (Lipinski definition) is 0. The van der Waals surface area contributed by atoms with E-state index < -0.39 is 5.92 Å². The Morgan fingerprint density at radius 3 is 2.55 bits per heavy atom. The molecule has 20 heavy (non-hydrogen) atoms. The van der Waals surface area contributed by atoms with Crippen molar-refractivity contribution in [2.75, 3.05) is 14.2 Å². The fourth-order valence-electron chi connectivity index (χ4n) is 1.84. The second-order valence-corrected chi connectivity index (χ2v) is 4.33. The van der Waals surface area contributed by atoms with Crippen LogP contribution < -0.4 is 9.47 Å². The SMILES string of the molecule is COc1ccc([C@@H](C#N)c2cncc(Cl)n2)cc1OC. The molecule has 0 saturated carbocycles. The first-order chi connectivity index (χ1) is 9.69. The van der Waals surface area contributed by atoms with Gasteiger partial charge in [-0.15, -0.1) is 0 Å². The van der Waals surface area contributed by atoms with Gasteiger partial charge in [0.25, 0.3) is 0 Å². The average Bonchev–Trinajstić information content (AvgIpc) is 2.48. The summed E-state index contributed by atoms with van der Waals surface area (Å²) in [7, 11) is 3.10. The van der Waals surface area contributed by atoms with Crippen LogP contribution in [0.4, 0.5) is 0 Å². The lowest BCUT2D eigenvalue weighted by atomic mass is 9.97. The van der Waals surface area contributed by atoms with Gasteiger partial charge in [-0.05, 0) is 17.7 Å². The molecule has 0 aliphatic heterocycles. The number of benzene rings is 1. The van der Waals surface area contributed by atoms with Crippen LogP contribution in [0.1, 0.15) is 17.2 Å². The maximum atomic E-state index is 9.38. The molecule has 0 bridgehead atoms. The molecule has 2 rings (SSSR count). The number of nitrogens with zero attached hydrogens (tertiary/aromatic N) is 3. The van der Waals surface area contributed by atoms with Crippen LogP contribution in [-0.2, 0) is 0 Å². The number of halogens is 1. The number of hydrogen-bond acceptors (Lipinski definition) is 5. The molecule has 1 heterocycles. The average molecular weight is 290 g/mol. The number of rotatable bonds is 4. The summed E-state index contributed by atoms with van der Waals surface area (Å²) in [4.78, 5) is 8.08. The molecule has 0 unspecified atom stereocenters. The van der Waals surface area contributed by atoms with Crippen LogP contribution in [-0.4, -0.2) is 24.2 Å². The summed E-state index contributed by atoms with van der Waals surface area (Å²) in [5.74, 6) is 0.589. The summed E-state index contributed by atoms with van der Waals surface area (Å²) in [6, 6.07) is 7.47. The Balaban J connectivity index is 2.45. The molecule has 2 aromatic rings. The van der Waals surface area contributed by atoms with Crippen molar-refractivity contribution in [3.05, 3.63) is 47.0 Å². The minimum absolute atomic E-state index is 0.253. The van der Waals surface area contributed by atoms with Crippen molar-refractivity contribution in [3.63, 3.8) is 0 Å². The van der Waals surface area contributed by atoms with E-state index in [4.69, 9.17) is 21.1 Å². The van der Waals surface area contributed by atoms with Crippen LogP contribution >= 0.6 is 11.6 Å². The highest BCUT2D eigenvalue weighted by Gasteiger charge is 2.18. The predicted octanol–water partition coefficient (Wildman–Crippen LogP) is 2.80. The van der Waals surface area contributed by atoms with Gasteiger partial charge in [0.15, 0.2) is 11.5 Å². The predicted molar refractivity (Wildman–Crippen MR) is 74.0 cm³/mol. The second kappa shape index (κ2) is 6.22. The van der Waals surface area contributed by atoms with E-state index in [9.17, 15) is 5.26 Å². The largest absolute Gasteiger partial charge is 0.493 e. The normalized spacial score (nSPS) is 11.5. The molecule has 0 amide bonds. The minimum Gasteiger partial charge on any atom is -0.493 e. The van der Waals surface area contributed by atoms with Gasteiger partial charge in [0.1, 0.15) is 11.1 Å². The van der Waals surface area contributed by atoms with Crippen molar-refractivity contribution < 1.29 is 9.47 Å². The van der Waals surface area contributed by atoms with Gasteiger partial charge < -0.3 is 9.47 Å². The second-order valence-electron chi connectivity index (χ2n) is 3.94. The molecule has 0 spiro atoms. The van der Waals surface area contributed by atoms with Crippen LogP contribution in [0.2, 0.25) is 5.15 Å². The van der Waals surface area contributed by atoms with Crippen molar-refractivity contribution in [2.24, 2.45) is 0 Å². The Kier molecular flexibility index (Phi) is 4.38. The van der Waals surface area contributed by atoms with Crippen molar-refractivity contribution in [1.82, 2.24) is 9.97 Å². The van der Waals surface area contributed by atoms with Gasteiger partial charge in [0.2, 0.25) is 0 Å². The van der Waals surface area contributed by atoms with Crippen LogP contribution in [0.25, 0.3) is 0 Å². The Hall–Kier alpha value is -2.32. The van der Waals surface area contributed by atoms with E-state index in [1.807, 2.05) is 0 Å². The van der Waals surface area contributed by atoms with Crippen molar-refractivity contribution in [2.45, 2.75) is 5.92 Å². The van der Waals surface area contributed by atoms with Crippen LogP contribution in [0.15, 0.2) is 30.6 Å². The molecular formula is C14H12ClN3O2. The smallest absolute Gasteiger partial charge is 0.161 e. The van der Waals surface area contributed by atoms with E-state index in [1.54, 1.807) is 32.4 Å². The van der Waals surface area contributed by atoms with E-state index in [-0.39, 0.29) is 5.15 Å². The highest BCUT2D eigenvalue weighted by molar-refractivity contribution is 6.29. The van der Waals surface area contributed by atoms with E-state index in [0.29, 0.717) is 17.2 Å². The monoisotopic (exact) mass is 289 g/mol. The third-order valence-corrected chi connectivity index (χ3v) is 2.97. The number of aromatic nitrogens is 2. The topological polar surface area (TPSA) is 68.0 Å². The summed E-state index contributed by atoms with van der Waals surface area (Å²) < 4.78 is 10.4. The van der Waals surface area contributed by atoms with E-state index >= 15 is 0 Å². The first-order valence-corrected chi connectivity index (χ1v) is 6.16. The van der Waals surface area contributed by atoms with Crippen molar-refractivity contribution in [1.29, 1.82) is 5.26 Å². The van der Waals surface area contributed by atoms with Crippen LogP contribution in [0.3, 0.4) is 0 Å². The van der Waals surface area contributed by atoms with Gasteiger partial charge in [0.05, 0.1) is 38.4 Å². The quantitative estimate of drug-likeness (QED) is 0.866. The third-order valence-electron chi connectivity index (χ3n) is 2.79. The summed E-state index contributed by atoms with van der Waals surface area (Å²) >= 11 is 5.81. The molecule has 1 atom stereocenters. The van der Waals surface area contributed by atoms with Gasteiger partial charge in [-0.3, -0.25) is 4.98 Å². The lowest BCUT2D eigenvalue weighted by Gasteiger charge is -2.12. The molecule has 0 aliphatic rings. The van der Waals surface area contributed by atoms with Crippen LogP contribution in [0.5, 0.6) is 11.5 Å². The fraction of sp³-hybridized carbons (Fsp3) is 0.214. The minimum atomic E-state index is -0.569. The summed E-state index contributed by atoms with van der Waals surface area (Å²) in [5.41, 5.74) is 1.23. The van der Waals surface area contributed by atoms with Gasteiger partial charge in [0, 0.05) is 0 Å². The molecule has 1 aromatic heterocycles. The highest BCUT2D eigenvalue weighted by atomic mass is 35.5. The molecule has 0 saturated heterocycles. The molecule has 0 fully saturated rings. The summed E-state index contributed by atoms with van der Waals surface area (Å²) in [6.45, 7) is 0. The van der Waals surface area contributed by atoms with Crippen LogP contribution in [0, 0.1) is 11.3 Å². The lowest BCUT2D eigenvalue weighted by Crippen LogP contribution is -2.03. The number of methoxy groups -OCH3 is 2. The standard InChI is InChI=1S/C14H12ClN3O2/c1-19-12-4-3-9(5-13(12)20-2)10(6-16)11-7-17-8-14(15)18-11/h3-5,7-8,10H,1-2H3/t10-/m1/s1. The summed E-state index contributed by atoms with van der Waals surface area (Å²) in [6.07, 6.45) is 2.95. The van der Waals surface area contributed by atoms with E-state index in [2.05, 4.69) is 16.0 Å². The summed E-state index contributed by atoms with van der Waals surface area (Å²) in [5, 5.41) is 9.63. The van der Waals surface area contributed by atoms with Gasteiger partial charge in [-0.1, -0.05) is 17.7 Å². The molecular weight excluding hydrogens is 278 g/mol. The zero-order valence-electron chi connectivity index (χ0n) is 11.0. The molecule has 102 valence electrons. The molecule has 0 radical (unpaired) electrons. The Morgan fingerprint density at radius 1 is 1.20 bits per heavy atom.